The van der Waals surface area contributed by atoms with E-state index in [0.29, 0.717) is 6.42 Å². The molecule has 1 saturated heterocycles. The van der Waals surface area contributed by atoms with Crippen LogP contribution in [0.3, 0.4) is 0 Å². The lowest BCUT2D eigenvalue weighted by atomic mass is 9.91. The molecule has 0 unspecified atom stereocenters. The summed E-state index contributed by atoms with van der Waals surface area (Å²) in [5.74, 6) is -10.6. The van der Waals surface area contributed by atoms with Gasteiger partial charge in [0.2, 0.25) is 65.0 Å². The van der Waals surface area contributed by atoms with E-state index in [1.54, 1.807) is 60.6 Å². The van der Waals surface area contributed by atoms with E-state index in [1.165, 1.54) is 87.7 Å². The van der Waals surface area contributed by atoms with Crippen LogP contribution in [-0.2, 0) is 52.7 Å². The van der Waals surface area contributed by atoms with E-state index in [-0.39, 0.29) is 55.8 Å². The molecule has 0 saturated carbocycles. The topological polar surface area (TPSA) is 299 Å². The molecule has 1 rings (SSSR count). The van der Waals surface area contributed by atoms with Gasteiger partial charge in [-0.25, -0.2) is 0 Å². The third-order valence-corrected chi connectivity index (χ3v) is 16.4. The number of hydrogen-bond donors (Lipinski definition) is 6. The Labute approximate surface area is 520 Å². The summed E-state index contributed by atoms with van der Waals surface area (Å²) < 4.78 is 0. The third kappa shape index (κ3) is 22.1. The standard InChI is InChI=1S/C63H113N11O13/c1-25-27-28-40(15)53(77)52-57(81)65-43(26-2)59(83)68(18)33-48(76)69(19)44(29-34(3)4)54(78)66-49(38(11)12)62(86)70(20)45(30-35(5)6)55(79)67-50(42(17)75)56(80)64-41(16)58(82)71(21)46(31-36(7)8)60(84)72(22)47(32-37(9)10)61(85)73(23)51(39(13)14)63(87)74(52)24/h25,27,34-47,49-53,75,77H,26,28-33H2,1-24H3,(H,64,80)(H,65,81)(H,66,78)(H,67,79)/b27-25+/t40-,41-,42-,43+,44+,45+,46+,47+,49+,50+,51+,52+,53-/m1/s1. The van der Waals surface area contributed by atoms with Crippen LogP contribution in [-0.4, -0.2) is 238 Å². The lowest BCUT2D eigenvalue weighted by Gasteiger charge is -2.41. The van der Waals surface area contributed by atoms with Crippen LogP contribution in [0, 0.1) is 41.4 Å². The molecule has 0 aliphatic carbocycles. The molecule has 87 heavy (non-hydrogen) atoms. The average Bonchev–Trinajstić information content (AvgIpc) is 1.78. The number of hydrogen-bond acceptors (Lipinski definition) is 13. The Bertz CT molecular complexity index is 2380. The zero-order valence-corrected chi connectivity index (χ0v) is 57.1. The minimum absolute atomic E-state index is 0.0111. The zero-order valence-electron chi connectivity index (χ0n) is 57.1. The van der Waals surface area contributed by atoms with E-state index < -0.39 is 162 Å². The monoisotopic (exact) mass is 1230 g/mol. The lowest BCUT2D eigenvalue weighted by Crippen LogP contribution is -2.63. The van der Waals surface area contributed by atoms with E-state index >= 15 is 14.4 Å². The second-order valence-corrected chi connectivity index (χ2v) is 26.6. The Hall–Kier alpha value is -6.17. The highest BCUT2D eigenvalue weighted by atomic mass is 16.3. The summed E-state index contributed by atoms with van der Waals surface area (Å²) in [5.41, 5.74) is 0. The van der Waals surface area contributed by atoms with Crippen molar-refractivity contribution in [3.05, 3.63) is 12.2 Å². The SMILES string of the molecule is C/C=C/C[C@@H](C)[C@@H](O)[C@H]1C(=O)N[C@@H](CC)C(=O)N(C)CC(=O)N(C)[C@@H](CC(C)C)C(=O)N[C@@H](C(C)C)C(=O)N(C)[C@@H](CC(C)C)C(=O)N[C@@H]([C@@H](C)O)C(=O)N[C@H](C)C(=O)N(C)[C@@H](CC(C)C)C(=O)N(C)[C@@H](CC(C)C)C(=O)N(C)[C@@H](C(C)C)C(=O)N1C. The van der Waals surface area contributed by atoms with Crippen molar-refractivity contribution in [2.24, 2.45) is 41.4 Å². The number of rotatable bonds is 16. The normalized spacial score (nSPS) is 26.9. The fraction of sp³-hybridized carbons (Fsp3) is 0.794. The van der Waals surface area contributed by atoms with Gasteiger partial charge < -0.3 is 65.8 Å². The van der Waals surface area contributed by atoms with E-state index in [1.807, 2.05) is 55.4 Å². The van der Waals surface area contributed by atoms with Crippen molar-refractivity contribution in [3.63, 3.8) is 0 Å². The summed E-state index contributed by atoms with van der Waals surface area (Å²) in [6.45, 7) is 28.8. The minimum Gasteiger partial charge on any atom is -0.391 e. The third-order valence-electron chi connectivity index (χ3n) is 16.4. The molecule has 498 valence electrons. The number of carbonyl (C=O) groups is 11. The maximum atomic E-state index is 15.2. The molecular formula is C63H113N11O13. The molecule has 0 bridgehead atoms. The molecule has 0 spiro atoms. The van der Waals surface area contributed by atoms with E-state index in [0.717, 1.165) is 9.80 Å². The van der Waals surface area contributed by atoms with Gasteiger partial charge in [0.1, 0.15) is 60.4 Å². The fourth-order valence-electron chi connectivity index (χ4n) is 10.9. The van der Waals surface area contributed by atoms with Crippen LogP contribution in [0.1, 0.15) is 156 Å². The molecule has 24 nitrogen and oxygen atoms in total. The predicted molar refractivity (Wildman–Crippen MR) is 334 cm³/mol. The van der Waals surface area contributed by atoms with Gasteiger partial charge in [0, 0.05) is 49.3 Å². The van der Waals surface area contributed by atoms with Crippen LogP contribution in [0.15, 0.2) is 12.2 Å². The van der Waals surface area contributed by atoms with Gasteiger partial charge in [-0.05, 0) is 101 Å². The van der Waals surface area contributed by atoms with Crippen LogP contribution in [0.5, 0.6) is 0 Å². The Kier molecular flexibility index (Phi) is 32.4. The molecule has 0 aromatic carbocycles. The molecule has 11 amide bonds. The molecule has 0 aromatic heterocycles. The Morgan fingerprint density at radius 3 is 1.30 bits per heavy atom. The summed E-state index contributed by atoms with van der Waals surface area (Å²) in [6.07, 6.45) is 1.29. The van der Waals surface area contributed by atoms with Crippen LogP contribution in [0.2, 0.25) is 0 Å². The van der Waals surface area contributed by atoms with Gasteiger partial charge >= 0.3 is 0 Å². The number of amides is 11. The predicted octanol–water partition coefficient (Wildman–Crippen LogP) is 2.63. The summed E-state index contributed by atoms with van der Waals surface area (Å²) in [6, 6.07) is -13.2. The molecule has 1 aliphatic heterocycles. The van der Waals surface area contributed by atoms with Gasteiger partial charge in [0.15, 0.2) is 0 Å². The van der Waals surface area contributed by atoms with Gasteiger partial charge in [-0.15, -0.1) is 0 Å². The summed E-state index contributed by atoms with van der Waals surface area (Å²) in [7, 11) is 9.75. The van der Waals surface area contributed by atoms with E-state index in [9.17, 15) is 48.6 Å². The highest BCUT2D eigenvalue weighted by molar-refractivity contribution is 5.99. The molecule has 13 atom stereocenters. The summed E-state index contributed by atoms with van der Waals surface area (Å²) >= 11 is 0. The number of carbonyl (C=O) groups excluding carboxylic acids is 11. The van der Waals surface area contributed by atoms with Gasteiger partial charge in [0.25, 0.3) is 0 Å². The molecule has 24 heteroatoms. The minimum atomic E-state index is -1.65. The molecular weight excluding hydrogens is 1120 g/mol. The van der Waals surface area contributed by atoms with Gasteiger partial charge in [-0.1, -0.05) is 109 Å². The van der Waals surface area contributed by atoms with Crippen molar-refractivity contribution in [2.75, 3.05) is 55.9 Å². The van der Waals surface area contributed by atoms with Gasteiger partial charge in [-0.2, -0.15) is 0 Å². The Balaban J connectivity index is 4.39. The number of aliphatic hydroxyl groups is 2. The molecule has 0 radical (unpaired) electrons. The van der Waals surface area contributed by atoms with Crippen LogP contribution >= 0.6 is 0 Å². The van der Waals surface area contributed by atoms with E-state index in [4.69, 9.17) is 0 Å². The molecule has 1 fully saturated rings. The number of allylic oxidation sites excluding steroid dienone is 2. The van der Waals surface area contributed by atoms with Crippen LogP contribution in [0.4, 0.5) is 0 Å². The second kappa shape index (κ2) is 35.7. The Morgan fingerprint density at radius 1 is 0.460 bits per heavy atom. The first kappa shape index (κ1) is 78.8. The number of aliphatic hydroxyl groups excluding tert-OH is 2. The van der Waals surface area contributed by atoms with Gasteiger partial charge in [0.05, 0.1) is 18.8 Å². The second-order valence-electron chi connectivity index (χ2n) is 26.6. The lowest BCUT2D eigenvalue weighted by molar-refractivity contribution is -0.157. The Morgan fingerprint density at radius 2 is 0.874 bits per heavy atom. The number of nitrogens with zero attached hydrogens (tertiary/aromatic N) is 7. The molecule has 6 N–H and O–H groups in total. The first-order valence-electron chi connectivity index (χ1n) is 31.2. The van der Waals surface area contributed by atoms with Crippen molar-refractivity contribution in [1.29, 1.82) is 0 Å². The summed E-state index contributed by atoms with van der Waals surface area (Å²) in [5, 5.41) is 33.9. The van der Waals surface area contributed by atoms with Crippen LogP contribution in [0.25, 0.3) is 0 Å². The van der Waals surface area contributed by atoms with E-state index in [2.05, 4.69) is 21.3 Å². The molecule has 1 heterocycles. The summed E-state index contributed by atoms with van der Waals surface area (Å²) in [4.78, 5) is 169. The number of likely N-dealkylation sites (N-methyl/N-ethyl adjacent to an activating group) is 7. The number of nitrogens with one attached hydrogen (secondary N) is 4. The fourth-order valence-corrected chi connectivity index (χ4v) is 10.9. The van der Waals surface area contributed by atoms with Gasteiger partial charge in [-0.3, -0.25) is 52.7 Å². The van der Waals surface area contributed by atoms with Crippen LogP contribution < -0.4 is 21.3 Å². The molecule has 1 aliphatic rings. The maximum absolute atomic E-state index is 15.2. The first-order valence-corrected chi connectivity index (χ1v) is 31.2. The van der Waals surface area contributed by atoms with Crippen molar-refractivity contribution in [3.8, 4) is 0 Å². The highest BCUT2D eigenvalue weighted by Gasteiger charge is 2.46. The highest BCUT2D eigenvalue weighted by Crippen LogP contribution is 2.26. The first-order chi connectivity index (χ1) is 40.1. The zero-order chi connectivity index (χ0) is 67.6. The average molecular weight is 1230 g/mol. The largest absolute Gasteiger partial charge is 0.391 e. The van der Waals surface area contributed by atoms with Crippen molar-refractivity contribution < 1.29 is 63.0 Å². The smallest absolute Gasteiger partial charge is 0.246 e. The quantitative estimate of drug-likeness (QED) is 0.121. The van der Waals surface area contributed by atoms with Crippen molar-refractivity contribution >= 4 is 65.0 Å². The maximum Gasteiger partial charge on any atom is 0.246 e. The molecule has 0 aromatic rings. The van der Waals surface area contributed by atoms with Crippen molar-refractivity contribution in [1.82, 2.24) is 55.6 Å². The van der Waals surface area contributed by atoms with Crippen molar-refractivity contribution in [2.45, 2.75) is 229 Å².